The van der Waals surface area contributed by atoms with Crippen molar-refractivity contribution in [3.05, 3.63) is 65.7 Å². The minimum Gasteiger partial charge on any atom is -0.497 e. The van der Waals surface area contributed by atoms with Crippen LogP contribution < -0.4 is 4.74 Å². The topological polar surface area (TPSA) is 32.7 Å². The van der Waals surface area contributed by atoms with Crippen molar-refractivity contribution in [1.82, 2.24) is 4.90 Å². The normalized spacial score (nSPS) is 12.4. The quantitative estimate of drug-likeness (QED) is 0.849. The highest BCUT2D eigenvalue weighted by Crippen LogP contribution is 2.18. The second-order valence-corrected chi connectivity index (χ2v) is 5.29. The average molecular weight is 285 g/mol. The van der Waals surface area contributed by atoms with Gasteiger partial charge in [0.1, 0.15) is 5.75 Å². The van der Waals surface area contributed by atoms with Gasteiger partial charge in [0.15, 0.2) is 0 Å². The summed E-state index contributed by atoms with van der Waals surface area (Å²) in [5.74, 6) is 0.809. The van der Waals surface area contributed by atoms with Crippen molar-refractivity contribution in [3.8, 4) is 5.75 Å². The highest BCUT2D eigenvalue weighted by molar-refractivity contribution is 5.28. The lowest BCUT2D eigenvalue weighted by Crippen LogP contribution is -2.26. The molecule has 1 N–H and O–H groups in total. The van der Waals surface area contributed by atoms with E-state index in [1.807, 2.05) is 37.4 Å². The summed E-state index contributed by atoms with van der Waals surface area (Å²) in [6.45, 7) is 1.55. The van der Waals surface area contributed by atoms with Crippen LogP contribution >= 0.6 is 0 Å². The summed E-state index contributed by atoms with van der Waals surface area (Å²) < 4.78 is 5.13. The van der Waals surface area contributed by atoms with E-state index in [9.17, 15) is 5.11 Å². The van der Waals surface area contributed by atoms with Crippen molar-refractivity contribution >= 4 is 0 Å². The standard InChI is InChI=1S/C18H23NO2/c1-19(13-12-15-6-4-3-5-7-15)14-18(20)16-8-10-17(21-2)11-9-16/h3-11,18,20H,12-14H2,1-2H3. The number of likely N-dealkylation sites (N-methyl/N-ethyl adjacent to an activating group) is 1. The van der Waals surface area contributed by atoms with Crippen LogP contribution in [0, 0.1) is 0 Å². The van der Waals surface area contributed by atoms with Gasteiger partial charge in [0.2, 0.25) is 0 Å². The van der Waals surface area contributed by atoms with Gasteiger partial charge in [-0.05, 0) is 36.7 Å². The largest absolute Gasteiger partial charge is 0.497 e. The van der Waals surface area contributed by atoms with Gasteiger partial charge >= 0.3 is 0 Å². The molecule has 0 fully saturated rings. The molecule has 0 saturated carbocycles. The predicted octanol–water partition coefficient (Wildman–Crippen LogP) is 2.90. The second kappa shape index (κ2) is 7.81. The lowest BCUT2D eigenvalue weighted by atomic mass is 10.1. The summed E-state index contributed by atoms with van der Waals surface area (Å²) in [5, 5.41) is 10.3. The molecule has 2 aromatic rings. The molecular weight excluding hydrogens is 262 g/mol. The van der Waals surface area contributed by atoms with Crippen LogP contribution in [0.15, 0.2) is 54.6 Å². The Bertz CT molecular complexity index is 525. The van der Waals surface area contributed by atoms with Gasteiger partial charge in [-0.15, -0.1) is 0 Å². The van der Waals surface area contributed by atoms with Crippen LogP contribution in [0.3, 0.4) is 0 Å². The Labute approximate surface area is 126 Å². The van der Waals surface area contributed by atoms with Crippen molar-refractivity contribution in [2.75, 3.05) is 27.2 Å². The van der Waals surface area contributed by atoms with E-state index < -0.39 is 6.10 Å². The number of aliphatic hydroxyl groups is 1. The summed E-state index contributed by atoms with van der Waals surface area (Å²) in [4.78, 5) is 2.15. The Hall–Kier alpha value is -1.84. The molecule has 112 valence electrons. The van der Waals surface area contributed by atoms with E-state index in [1.54, 1.807) is 7.11 Å². The van der Waals surface area contributed by atoms with Crippen molar-refractivity contribution < 1.29 is 9.84 Å². The zero-order valence-electron chi connectivity index (χ0n) is 12.7. The molecule has 2 aromatic carbocycles. The molecule has 0 aliphatic heterocycles. The number of hydrogen-bond donors (Lipinski definition) is 1. The molecule has 0 amide bonds. The third-order valence-corrected chi connectivity index (χ3v) is 3.61. The first-order valence-corrected chi connectivity index (χ1v) is 7.23. The number of aliphatic hydroxyl groups excluding tert-OH is 1. The number of hydrogen-bond acceptors (Lipinski definition) is 3. The predicted molar refractivity (Wildman–Crippen MR) is 85.6 cm³/mol. The maximum absolute atomic E-state index is 10.3. The van der Waals surface area contributed by atoms with Crippen LogP contribution in [-0.2, 0) is 6.42 Å². The van der Waals surface area contributed by atoms with Crippen LogP contribution in [0.5, 0.6) is 5.75 Å². The van der Waals surface area contributed by atoms with Gasteiger partial charge in [-0.3, -0.25) is 0 Å². The highest BCUT2D eigenvalue weighted by Gasteiger charge is 2.10. The molecule has 0 aliphatic carbocycles. The monoisotopic (exact) mass is 285 g/mol. The third-order valence-electron chi connectivity index (χ3n) is 3.61. The van der Waals surface area contributed by atoms with E-state index in [-0.39, 0.29) is 0 Å². The summed E-state index contributed by atoms with van der Waals surface area (Å²) in [7, 11) is 3.68. The van der Waals surface area contributed by atoms with Crippen molar-refractivity contribution in [3.63, 3.8) is 0 Å². The number of ether oxygens (including phenoxy) is 1. The molecular formula is C18H23NO2. The van der Waals surface area contributed by atoms with Gasteiger partial charge in [0.05, 0.1) is 13.2 Å². The van der Waals surface area contributed by atoms with Crippen LogP contribution in [0.4, 0.5) is 0 Å². The van der Waals surface area contributed by atoms with E-state index in [0.717, 1.165) is 24.3 Å². The van der Waals surface area contributed by atoms with Crippen molar-refractivity contribution in [2.24, 2.45) is 0 Å². The number of benzene rings is 2. The third kappa shape index (κ3) is 4.88. The van der Waals surface area contributed by atoms with Crippen LogP contribution in [0.1, 0.15) is 17.2 Å². The van der Waals surface area contributed by atoms with Gasteiger partial charge in [0, 0.05) is 13.1 Å². The Morgan fingerprint density at radius 3 is 2.33 bits per heavy atom. The first-order chi connectivity index (χ1) is 10.2. The molecule has 21 heavy (non-hydrogen) atoms. The van der Waals surface area contributed by atoms with Crippen LogP contribution in [-0.4, -0.2) is 37.3 Å². The summed E-state index contributed by atoms with van der Waals surface area (Å²) in [5.41, 5.74) is 2.24. The fourth-order valence-corrected chi connectivity index (χ4v) is 2.28. The summed E-state index contributed by atoms with van der Waals surface area (Å²) in [6, 6.07) is 18.0. The number of rotatable bonds is 7. The fraction of sp³-hybridized carbons (Fsp3) is 0.333. The second-order valence-electron chi connectivity index (χ2n) is 5.29. The van der Waals surface area contributed by atoms with Gasteiger partial charge < -0.3 is 14.7 Å². The van der Waals surface area contributed by atoms with E-state index in [0.29, 0.717) is 6.54 Å². The van der Waals surface area contributed by atoms with Gasteiger partial charge in [-0.2, -0.15) is 0 Å². The molecule has 0 aliphatic rings. The van der Waals surface area contributed by atoms with E-state index in [4.69, 9.17) is 4.74 Å². The first-order valence-electron chi connectivity index (χ1n) is 7.23. The van der Waals surface area contributed by atoms with Crippen LogP contribution in [0.2, 0.25) is 0 Å². The first kappa shape index (κ1) is 15.5. The van der Waals surface area contributed by atoms with Crippen LogP contribution in [0.25, 0.3) is 0 Å². The number of nitrogens with zero attached hydrogens (tertiary/aromatic N) is 1. The summed E-state index contributed by atoms with van der Waals surface area (Å²) in [6.07, 6.45) is 0.517. The number of methoxy groups -OCH3 is 1. The Balaban J connectivity index is 1.82. The fourth-order valence-electron chi connectivity index (χ4n) is 2.28. The van der Waals surface area contributed by atoms with Gasteiger partial charge in [-0.25, -0.2) is 0 Å². The Morgan fingerprint density at radius 2 is 1.71 bits per heavy atom. The Morgan fingerprint density at radius 1 is 1.05 bits per heavy atom. The van der Waals surface area contributed by atoms with Crippen molar-refractivity contribution in [1.29, 1.82) is 0 Å². The van der Waals surface area contributed by atoms with E-state index >= 15 is 0 Å². The lowest BCUT2D eigenvalue weighted by molar-refractivity contribution is 0.127. The zero-order chi connectivity index (χ0) is 15.1. The molecule has 1 atom stereocenters. The Kier molecular flexibility index (Phi) is 5.78. The minimum absolute atomic E-state index is 0.475. The van der Waals surface area contributed by atoms with Gasteiger partial charge in [-0.1, -0.05) is 42.5 Å². The molecule has 1 unspecified atom stereocenters. The maximum Gasteiger partial charge on any atom is 0.118 e. The molecule has 0 heterocycles. The maximum atomic E-state index is 10.3. The molecule has 2 rings (SSSR count). The molecule has 0 saturated heterocycles. The molecule has 0 spiro atoms. The van der Waals surface area contributed by atoms with Crippen molar-refractivity contribution in [2.45, 2.75) is 12.5 Å². The molecule has 0 radical (unpaired) electrons. The summed E-state index contributed by atoms with van der Waals surface area (Å²) >= 11 is 0. The minimum atomic E-state index is -0.475. The lowest BCUT2D eigenvalue weighted by Gasteiger charge is -2.21. The highest BCUT2D eigenvalue weighted by atomic mass is 16.5. The SMILES string of the molecule is COc1ccc(C(O)CN(C)CCc2ccccc2)cc1. The average Bonchev–Trinajstić information content (AvgIpc) is 2.54. The zero-order valence-corrected chi connectivity index (χ0v) is 12.7. The molecule has 3 heteroatoms. The smallest absolute Gasteiger partial charge is 0.118 e. The van der Waals surface area contributed by atoms with E-state index in [2.05, 4.69) is 29.2 Å². The molecule has 0 bridgehead atoms. The van der Waals surface area contributed by atoms with Gasteiger partial charge in [0.25, 0.3) is 0 Å². The molecule has 3 nitrogen and oxygen atoms in total. The van der Waals surface area contributed by atoms with E-state index in [1.165, 1.54) is 5.56 Å². The molecule has 0 aromatic heterocycles.